The van der Waals surface area contributed by atoms with Crippen LogP contribution in [0.25, 0.3) is 0 Å². The minimum absolute atomic E-state index is 0.348. The van der Waals surface area contributed by atoms with Gasteiger partial charge in [0.2, 0.25) is 5.91 Å². The summed E-state index contributed by atoms with van der Waals surface area (Å²) in [4.78, 5) is 11.9. The smallest absolute Gasteiger partial charge is 0.243 e. The minimum atomic E-state index is -0.746. The highest BCUT2D eigenvalue weighted by molar-refractivity contribution is 5.93. The molecule has 0 aliphatic heterocycles. The molecule has 0 spiro atoms. The maximum Gasteiger partial charge on any atom is 0.243 e. The van der Waals surface area contributed by atoms with Gasteiger partial charge in [0, 0.05) is 6.20 Å². The molecule has 0 bridgehead atoms. The Bertz CT molecular complexity index is 577. The largest absolute Gasteiger partial charge is 0.308 e. The van der Waals surface area contributed by atoms with Gasteiger partial charge in [-0.2, -0.15) is 10.4 Å². The predicted octanol–water partition coefficient (Wildman–Crippen LogP) is 1.80. The summed E-state index contributed by atoms with van der Waals surface area (Å²) in [6.45, 7) is 0. The summed E-state index contributed by atoms with van der Waals surface area (Å²) in [6.07, 6.45) is 1.89. The molecule has 1 aromatic carbocycles. The molecule has 0 fully saturated rings. The fourth-order valence-corrected chi connectivity index (χ4v) is 1.63. The van der Waals surface area contributed by atoms with Crippen LogP contribution < -0.4 is 5.32 Å². The van der Waals surface area contributed by atoms with E-state index < -0.39 is 5.92 Å². The van der Waals surface area contributed by atoms with Crippen LogP contribution in [0.2, 0.25) is 0 Å². The van der Waals surface area contributed by atoms with Crippen LogP contribution in [0.4, 0.5) is 5.82 Å². The van der Waals surface area contributed by atoms with Crippen LogP contribution in [0.5, 0.6) is 0 Å². The maximum atomic E-state index is 11.9. The van der Waals surface area contributed by atoms with Crippen LogP contribution in [0.15, 0.2) is 48.7 Å². The van der Waals surface area contributed by atoms with Crippen LogP contribution in [0.3, 0.4) is 0 Å². The Labute approximate surface area is 110 Å². The Morgan fingerprint density at radius 1 is 1.26 bits per heavy atom. The van der Waals surface area contributed by atoms with E-state index in [-0.39, 0.29) is 5.91 Å². The van der Waals surface area contributed by atoms with Crippen molar-refractivity contribution in [2.75, 3.05) is 5.32 Å². The molecular weight excluding hydrogens is 240 g/mol. The van der Waals surface area contributed by atoms with Crippen LogP contribution >= 0.6 is 0 Å². The first-order valence-corrected chi connectivity index (χ1v) is 5.81. The van der Waals surface area contributed by atoms with Crippen molar-refractivity contribution in [3.8, 4) is 6.07 Å². The Hall–Kier alpha value is -2.74. The van der Waals surface area contributed by atoms with Gasteiger partial charge in [-0.3, -0.25) is 4.79 Å². The summed E-state index contributed by atoms with van der Waals surface area (Å²) in [5.41, 5.74) is 0.948. The van der Waals surface area contributed by atoms with Gasteiger partial charge in [-0.15, -0.1) is 5.10 Å². The second-order valence-corrected chi connectivity index (χ2v) is 3.97. The van der Waals surface area contributed by atoms with Gasteiger partial charge in [0.15, 0.2) is 5.82 Å². The minimum Gasteiger partial charge on any atom is -0.308 e. The topological polar surface area (TPSA) is 78.7 Å². The zero-order valence-electron chi connectivity index (χ0n) is 10.2. The van der Waals surface area contributed by atoms with Crippen molar-refractivity contribution < 1.29 is 4.79 Å². The highest BCUT2D eigenvalue weighted by Crippen LogP contribution is 2.10. The number of hydrogen-bond acceptors (Lipinski definition) is 4. The number of nitrogens with zero attached hydrogens (tertiary/aromatic N) is 3. The van der Waals surface area contributed by atoms with E-state index in [9.17, 15) is 4.79 Å². The lowest BCUT2D eigenvalue weighted by Crippen LogP contribution is -2.24. The third-order valence-electron chi connectivity index (χ3n) is 2.58. The van der Waals surface area contributed by atoms with Gasteiger partial charge >= 0.3 is 0 Å². The van der Waals surface area contributed by atoms with E-state index in [0.717, 1.165) is 5.56 Å². The molecule has 5 nitrogen and oxygen atoms in total. The molecular formula is C14H12N4O. The van der Waals surface area contributed by atoms with Crippen molar-refractivity contribution in [1.29, 1.82) is 5.26 Å². The molecule has 5 heteroatoms. The van der Waals surface area contributed by atoms with Crippen LogP contribution in [0.1, 0.15) is 5.56 Å². The molecule has 2 aromatic rings. The third-order valence-corrected chi connectivity index (χ3v) is 2.58. The highest BCUT2D eigenvalue weighted by Gasteiger charge is 2.18. The number of aromatic nitrogens is 2. The summed E-state index contributed by atoms with van der Waals surface area (Å²) >= 11 is 0. The summed E-state index contributed by atoms with van der Waals surface area (Å²) in [7, 11) is 0. The zero-order valence-corrected chi connectivity index (χ0v) is 10.2. The van der Waals surface area contributed by atoms with E-state index in [1.807, 2.05) is 36.4 Å². The van der Waals surface area contributed by atoms with Crippen molar-refractivity contribution >= 4 is 11.7 Å². The molecule has 0 saturated carbocycles. The Morgan fingerprint density at radius 2 is 2.05 bits per heavy atom. The molecule has 19 heavy (non-hydrogen) atoms. The average molecular weight is 252 g/mol. The maximum absolute atomic E-state index is 11.9. The van der Waals surface area contributed by atoms with Crippen molar-refractivity contribution in [3.05, 3.63) is 54.2 Å². The molecule has 1 heterocycles. The first-order chi connectivity index (χ1) is 9.29. The van der Waals surface area contributed by atoms with E-state index in [0.29, 0.717) is 12.2 Å². The molecule has 1 unspecified atom stereocenters. The standard InChI is InChI=1S/C14H12N4O/c15-10-12(9-11-5-2-1-3-6-11)14(19)17-13-7-4-8-16-18-13/h1-8,12H,9H2,(H,17,18,19). The summed E-state index contributed by atoms with van der Waals surface area (Å²) in [5.74, 6) is -0.767. The van der Waals surface area contributed by atoms with E-state index in [1.165, 1.54) is 6.20 Å². The number of amides is 1. The summed E-state index contributed by atoms with van der Waals surface area (Å²) in [6, 6.07) is 14.7. The number of carbonyl (C=O) groups excluding carboxylic acids is 1. The lowest BCUT2D eigenvalue weighted by Gasteiger charge is -2.09. The monoisotopic (exact) mass is 252 g/mol. The number of anilines is 1. The number of benzene rings is 1. The van der Waals surface area contributed by atoms with Crippen molar-refractivity contribution in [1.82, 2.24) is 10.2 Å². The van der Waals surface area contributed by atoms with Crippen molar-refractivity contribution in [2.45, 2.75) is 6.42 Å². The molecule has 94 valence electrons. The fourth-order valence-electron chi connectivity index (χ4n) is 1.63. The summed E-state index contributed by atoms with van der Waals surface area (Å²) in [5, 5.41) is 19.1. The molecule has 1 N–H and O–H groups in total. The number of nitrogens with one attached hydrogen (secondary N) is 1. The number of nitriles is 1. The van der Waals surface area contributed by atoms with Crippen molar-refractivity contribution in [3.63, 3.8) is 0 Å². The molecule has 1 aromatic heterocycles. The van der Waals surface area contributed by atoms with E-state index in [2.05, 4.69) is 15.5 Å². The molecule has 2 rings (SSSR count). The van der Waals surface area contributed by atoms with E-state index in [1.54, 1.807) is 12.1 Å². The first-order valence-electron chi connectivity index (χ1n) is 5.81. The van der Waals surface area contributed by atoms with Crippen LogP contribution in [-0.2, 0) is 11.2 Å². The molecule has 0 saturated heterocycles. The van der Waals surface area contributed by atoms with Gasteiger partial charge in [-0.25, -0.2) is 0 Å². The van der Waals surface area contributed by atoms with E-state index >= 15 is 0 Å². The lowest BCUT2D eigenvalue weighted by molar-refractivity contribution is -0.118. The average Bonchev–Trinajstić information content (AvgIpc) is 2.47. The molecule has 0 radical (unpaired) electrons. The zero-order chi connectivity index (χ0) is 13.5. The SMILES string of the molecule is N#CC(Cc1ccccc1)C(=O)Nc1cccnn1. The van der Waals surface area contributed by atoms with Gasteiger partial charge in [0.05, 0.1) is 6.07 Å². The normalized spacial score (nSPS) is 11.3. The van der Waals surface area contributed by atoms with E-state index in [4.69, 9.17) is 5.26 Å². The highest BCUT2D eigenvalue weighted by atomic mass is 16.1. The van der Waals surface area contributed by atoms with Crippen LogP contribution in [-0.4, -0.2) is 16.1 Å². The summed E-state index contributed by atoms with van der Waals surface area (Å²) < 4.78 is 0. The first kappa shape index (κ1) is 12.7. The van der Waals surface area contributed by atoms with Gasteiger partial charge in [0.1, 0.15) is 5.92 Å². The molecule has 0 aliphatic rings. The van der Waals surface area contributed by atoms with Crippen molar-refractivity contribution in [2.24, 2.45) is 5.92 Å². The Morgan fingerprint density at radius 3 is 2.68 bits per heavy atom. The Kier molecular flexibility index (Phi) is 4.19. The number of rotatable bonds is 4. The van der Waals surface area contributed by atoms with Crippen LogP contribution in [0, 0.1) is 17.2 Å². The van der Waals surface area contributed by atoms with Gasteiger partial charge in [0.25, 0.3) is 0 Å². The number of hydrogen-bond donors (Lipinski definition) is 1. The molecule has 1 atom stereocenters. The second kappa shape index (κ2) is 6.26. The second-order valence-electron chi connectivity index (χ2n) is 3.97. The lowest BCUT2D eigenvalue weighted by atomic mass is 10.00. The predicted molar refractivity (Wildman–Crippen MR) is 69.9 cm³/mol. The Balaban J connectivity index is 2.02. The molecule has 1 amide bonds. The van der Waals surface area contributed by atoms with Gasteiger partial charge in [-0.1, -0.05) is 30.3 Å². The quantitative estimate of drug-likeness (QED) is 0.899. The third kappa shape index (κ3) is 3.61. The van der Waals surface area contributed by atoms with Gasteiger partial charge < -0.3 is 5.32 Å². The number of carbonyl (C=O) groups is 1. The molecule has 0 aliphatic carbocycles. The fraction of sp³-hybridized carbons (Fsp3) is 0.143. The van der Waals surface area contributed by atoms with Gasteiger partial charge in [-0.05, 0) is 24.1 Å².